The van der Waals surface area contributed by atoms with Gasteiger partial charge in [-0.15, -0.1) is 0 Å². The zero-order valence-electron chi connectivity index (χ0n) is 11.7. The Kier molecular flexibility index (Phi) is 5.14. The van der Waals surface area contributed by atoms with Crippen LogP contribution in [0.15, 0.2) is 0 Å². The van der Waals surface area contributed by atoms with Crippen LogP contribution in [0.2, 0.25) is 0 Å². The number of piperidine rings is 1. The molecule has 1 atom stereocenters. The number of carbonyl (C=O) groups excluding carboxylic acids is 2. The van der Waals surface area contributed by atoms with Crippen LogP contribution in [0.25, 0.3) is 0 Å². The van der Waals surface area contributed by atoms with E-state index < -0.39 is 5.60 Å². The van der Waals surface area contributed by atoms with E-state index in [0.717, 1.165) is 12.8 Å². The maximum atomic E-state index is 12.2. The van der Waals surface area contributed by atoms with Crippen LogP contribution in [0, 0.1) is 5.92 Å². The van der Waals surface area contributed by atoms with Gasteiger partial charge in [0.1, 0.15) is 5.60 Å². The lowest BCUT2D eigenvalue weighted by Crippen LogP contribution is -2.51. The fraction of sp³-hybridized carbons (Fsp3) is 0.846. The quantitative estimate of drug-likeness (QED) is 0.710. The summed E-state index contributed by atoms with van der Waals surface area (Å²) in [6.45, 7) is 6.77. The van der Waals surface area contributed by atoms with Crippen LogP contribution in [0.1, 0.15) is 33.6 Å². The van der Waals surface area contributed by atoms with E-state index in [1.807, 2.05) is 0 Å². The smallest absolute Gasteiger partial charge is 0.310 e. The molecular formula is C13H23NO4. The van der Waals surface area contributed by atoms with Crippen LogP contribution in [-0.4, -0.2) is 49.2 Å². The molecule has 1 amide bonds. The summed E-state index contributed by atoms with van der Waals surface area (Å²) in [5, 5.41) is 0. The van der Waals surface area contributed by atoms with Crippen molar-refractivity contribution >= 4 is 11.9 Å². The normalized spacial score (nSPS) is 20.7. The van der Waals surface area contributed by atoms with E-state index in [0.29, 0.717) is 19.7 Å². The van der Waals surface area contributed by atoms with Gasteiger partial charge in [-0.2, -0.15) is 0 Å². The molecule has 0 spiro atoms. The standard InChI is InChI=1S/C13H23NO4/c1-5-18-11(15)10-7-6-8-14(9-10)12(16)13(2,3)17-4/h10H,5-9H2,1-4H3/t10-/m1/s1. The molecule has 1 fully saturated rings. The minimum atomic E-state index is -0.837. The van der Waals surface area contributed by atoms with Crippen molar-refractivity contribution in [1.29, 1.82) is 0 Å². The van der Waals surface area contributed by atoms with Gasteiger partial charge in [-0.05, 0) is 33.6 Å². The Bertz CT molecular complexity index is 314. The number of nitrogens with zero attached hydrogens (tertiary/aromatic N) is 1. The van der Waals surface area contributed by atoms with E-state index in [1.165, 1.54) is 7.11 Å². The highest BCUT2D eigenvalue weighted by Gasteiger charge is 2.36. The van der Waals surface area contributed by atoms with Gasteiger partial charge in [-0.1, -0.05) is 0 Å². The van der Waals surface area contributed by atoms with Gasteiger partial charge >= 0.3 is 5.97 Å². The molecule has 1 aliphatic rings. The predicted octanol–water partition coefficient (Wildman–Crippen LogP) is 1.21. The number of esters is 1. The van der Waals surface area contributed by atoms with E-state index in [-0.39, 0.29) is 17.8 Å². The third-order valence-electron chi connectivity index (χ3n) is 3.35. The molecule has 0 aromatic rings. The second-order valence-electron chi connectivity index (χ2n) is 5.06. The first kappa shape index (κ1) is 15.0. The van der Waals surface area contributed by atoms with Crippen molar-refractivity contribution < 1.29 is 19.1 Å². The molecule has 18 heavy (non-hydrogen) atoms. The van der Waals surface area contributed by atoms with Gasteiger partial charge in [0.2, 0.25) is 0 Å². The van der Waals surface area contributed by atoms with Crippen LogP contribution in [-0.2, 0) is 19.1 Å². The van der Waals surface area contributed by atoms with Gasteiger partial charge in [0, 0.05) is 20.2 Å². The number of rotatable bonds is 4. The minimum absolute atomic E-state index is 0.0704. The maximum absolute atomic E-state index is 12.2. The van der Waals surface area contributed by atoms with E-state index in [4.69, 9.17) is 9.47 Å². The molecular weight excluding hydrogens is 234 g/mol. The molecule has 0 bridgehead atoms. The van der Waals surface area contributed by atoms with Crippen molar-refractivity contribution in [3.8, 4) is 0 Å². The summed E-state index contributed by atoms with van der Waals surface area (Å²) < 4.78 is 10.2. The minimum Gasteiger partial charge on any atom is -0.466 e. The van der Waals surface area contributed by atoms with Gasteiger partial charge in [0.25, 0.3) is 5.91 Å². The highest BCUT2D eigenvalue weighted by Crippen LogP contribution is 2.21. The molecule has 0 aliphatic carbocycles. The molecule has 0 unspecified atom stereocenters. The Morgan fingerprint density at radius 2 is 2.06 bits per heavy atom. The molecule has 104 valence electrons. The number of likely N-dealkylation sites (tertiary alicyclic amines) is 1. The van der Waals surface area contributed by atoms with Crippen LogP contribution in [0.4, 0.5) is 0 Å². The van der Waals surface area contributed by atoms with Crippen LogP contribution in [0.3, 0.4) is 0 Å². The summed E-state index contributed by atoms with van der Waals surface area (Å²) in [5.41, 5.74) is -0.837. The number of hydrogen-bond donors (Lipinski definition) is 0. The SMILES string of the molecule is CCOC(=O)[C@@H]1CCCN(C(=O)C(C)(C)OC)C1. The van der Waals surface area contributed by atoms with E-state index in [9.17, 15) is 9.59 Å². The van der Waals surface area contributed by atoms with Crippen molar-refractivity contribution in [1.82, 2.24) is 4.90 Å². The van der Waals surface area contributed by atoms with Crippen LogP contribution >= 0.6 is 0 Å². The molecule has 5 nitrogen and oxygen atoms in total. The first-order chi connectivity index (χ1) is 8.42. The number of carbonyl (C=O) groups is 2. The molecule has 0 saturated carbocycles. The Morgan fingerprint density at radius 3 is 2.61 bits per heavy atom. The van der Waals surface area contributed by atoms with Crippen molar-refractivity contribution in [2.45, 2.75) is 39.2 Å². The average molecular weight is 257 g/mol. The Hall–Kier alpha value is -1.10. The largest absolute Gasteiger partial charge is 0.466 e. The second kappa shape index (κ2) is 6.18. The summed E-state index contributed by atoms with van der Waals surface area (Å²) in [6.07, 6.45) is 1.62. The third-order valence-corrected chi connectivity index (χ3v) is 3.35. The van der Waals surface area contributed by atoms with Crippen molar-refractivity contribution in [2.24, 2.45) is 5.92 Å². The van der Waals surface area contributed by atoms with Gasteiger partial charge < -0.3 is 14.4 Å². The monoisotopic (exact) mass is 257 g/mol. The summed E-state index contributed by atoms with van der Waals surface area (Å²) in [6, 6.07) is 0. The predicted molar refractivity (Wildman–Crippen MR) is 67.0 cm³/mol. The first-order valence-corrected chi connectivity index (χ1v) is 6.43. The Balaban J connectivity index is 2.64. The summed E-state index contributed by atoms with van der Waals surface area (Å²) in [4.78, 5) is 25.6. The number of methoxy groups -OCH3 is 1. The highest BCUT2D eigenvalue weighted by molar-refractivity contribution is 5.85. The molecule has 1 rings (SSSR count). The highest BCUT2D eigenvalue weighted by atomic mass is 16.5. The van der Waals surface area contributed by atoms with Crippen molar-refractivity contribution in [3.05, 3.63) is 0 Å². The number of ether oxygens (including phenoxy) is 2. The lowest BCUT2D eigenvalue weighted by Gasteiger charge is -2.36. The van der Waals surface area contributed by atoms with Gasteiger partial charge in [-0.3, -0.25) is 9.59 Å². The molecule has 0 radical (unpaired) electrons. The summed E-state index contributed by atoms with van der Waals surface area (Å²) in [5.74, 6) is -0.473. The molecule has 0 aromatic heterocycles. The summed E-state index contributed by atoms with van der Waals surface area (Å²) in [7, 11) is 1.52. The molecule has 1 aliphatic heterocycles. The summed E-state index contributed by atoms with van der Waals surface area (Å²) >= 11 is 0. The second-order valence-corrected chi connectivity index (χ2v) is 5.06. The Labute approximate surface area is 108 Å². The molecule has 0 N–H and O–H groups in total. The zero-order valence-corrected chi connectivity index (χ0v) is 11.7. The lowest BCUT2D eigenvalue weighted by atomic mass is 9.96. The maximum Gasteiger partial charge on any atom is 0.310 e. The molecule has 5 heteroatoms. The Morgan fingerprint density at radius 1 is 1.39 bits per heavy atom. The van der Waals surface area contributed by atoms with E-state index in [1.54, 1.807) is 25.7 Å². The fourth-order valence-corrected chi connectivity index (χ4v) is 2.08. The van der Waals surface area contributed by atoms with Crippen molar-refractivity contribution in [3.63, 3.8) is 0 Å². The first-order valence-electron chi connectivity index (χ1n) is 6.43. The topological polar surface area (TPSA) is 55.8 Å². The fourth-order valence-electron chi connectivity index (χ4n) is 2.08. The van der Waals surface area contributed by atoms with Gasteiger partial charge in [-0.25, -0.2) is 0 Å². The molecule has 1 heterocycles. The van der Waals surface area contributed by atoms with Gasteiger partial charge in [0.15, 0.2) is 0 Å². The molecule has 0 aromatic carbocycles. The lowest BCUT2D eigenvalue weighted by molar-refractivity contribution is -0.157. The van der Waals surface area contributed by atoms with Crippen LogP contribution < -0.4 is 0 Å². The molecule has 1 saturated heterocycles. The van der Waals surface area contributed by atoms with E-state index in [2.05, 4.69) is 0 Å². The number of amides is 1. The number of hydrogen-bond acceptors (Lipinski definition) is 4. The van der Waals surface area contributed by atoms with E-state index >= 15 is 0 Å². The average Bonchev–Trinajstić information content (AvgIpc) is 2.38. The zero-order chi connectivity index (χ0) is 13.8. The van der Waals surface area contributed by atoms with Gasteiger partial charge in [0.05, 0.1) is 12.5 Å². The van der Waals surface area contributed by atoms with Crippen molar-refractivity contribution in [2.75, 3.05) is 26.8 Å². The van der Waals surface area contributed by atoms with Crippen LogP contribution in [0.5, 0.6) is 0 Å². The third kappa shape index (κ3) is 3.45.